The van der Waals surface area contributed by atoms with E-state index in [2.05, 4.69) is 17.3 Å². The van der Waals surface area contributed by atoms with E-state index in [1.165, 1.54) is 19.4 Å². The van der Waals surface area contributed by atoms with Gasteiger partial charge in [0, 0.05) is 12.6 Å². The molecule has 2 rings (SSSR count). The van der Waals surface area contributed by atoms with Gasteiger partial charge in [0.15, 0.2) is 0 Å². The first-order chi connectivity index (χ1) is 8.22. The van der Waals surface area contributed by atoms with Gasteiger partial charge in [0.25, 0.3) is 0 Å². The highest BCUT2D eigenvalue weighted by Gasteiger charge is 2.20. The summed E-state index contributed by atoms with van der Waals surface area (Å²) in [6, 6.07) is 6.44. The van der Waals surface area contributed by atoms with Crippen molar-refractivity contribution in [1.29, 1.82) is 0 Å². The minimum Gasteiger partial charge on any atom is -0.495 e. The molecule has 0 saturated carbocycles. The number of rotatable bonds is 4. The maximum Gasteiger partial charge on any atom is 0.143 e. The van der Waals surface area contributed by atoms with Gasteiger partial charge in [0.05, 0.1) is 18.5 Å². The van der Waals surface area contributed by atoms with E-state index in [9.17, 15) is 0 Å². The first-order valence-corrected chi connectivity index (χ1v) is 6.09. The van der Waals surface area contributed by atoms with Gasteiger partial charge >= 0.3 is 0 Å². The molecule has 3 N–H and O–H groups in total. The number of nitrogens with two attached hydrogens (primary N) is 1. The fraction of sp³-hybridized carbons (Fsp3) is 0.538. The molecule has 0 amide bonds. The number of nitrogen functional groups attached to an aromatic ring is 1. The number of hydrogen-bond donors (Lipinski definition) is 2. The smallest absolute Gasteiger partial charge is 0.143 e. The van der Waals surface area contributed by atoms with Crippen molar-refractivity contribution < 1.29 is 4.74 Å². The highest BCUT2D eigenvalue weighted by atomic mass is 16.5. The second kappa shape index (κ2) is 5.27. The molecule has 1 unspecified atom stereocenters. The van der Waals surface area contributed by atoms with Gasteiger partial charge in [0.2, 0.25) is 0 Å². The molecule has 1 fully saturated rings. The van der Waals surface area contributed by atoms with E-state index in [1.807, 2.05) is 18.2 Å². The second-order valence-electron chi connectivity index (χ2n) is 4.58. The molecule has 1 heterocycles. The van der Waals surface area contributed by atoms with Crippen LogP contribution in [0.2, 0.25) is 0 Å². The van der Waals surface area contributed by atoms with Crippen LogP contribution in [0.3, 0.4) is 0 Å². The first-order valence-electron chi connectivity index (χ1n) is 6.09. The minimum absolute atomic E-state index is 0.612. The third-order valence-electron chi connectivity index (χ3n) is 3.49. The molecule has 4 nitrogen and oxygen atoms in total. The Morgan fingerprint density at radius 2 is 2.35 bits per heavy atom. The van der Waals surface area contributed by atoms with Crippen LogP contribution in [-0.2, 0) is 0 Å². The Morgan fingerprint density at radius 3 is 3.00 bits per heavy atom. The lowest BCUT2D eigenvalue weighted by Crippen LogP contribution is -2.31. The standard InChI is InChI=1S/C13H21N3O/c1-16-8-4-5-10(16)9-15-11-6-3-7-12(17-2)13(11)14/h3,6-7,10,15H,4-5,8-9,14H2,1-2H3. The molecule has 1 aliphatic heterocycles. The fourth-order valence-electron chi connectivity index (χ4n) is 2.34. The number of methoxy groups -OCH3 is 1. The normalized spacial score (nSPS) is 20.5. The molecule has 0 bridgehead atoms. The summed E-state index contributed by atoms with van der Waals surface area (Å²) in [7, 11) is 3.81. The topological polar surface area (TPSA) is 50.5 Å². The maximum absolute atomic E-state index is 6.01. The maximum atomic E-state index is 6.01. The van der Waals surface area contributed by atoms with Crippen molar-refractivity contribution in [2.24, 2.45) is 0 Å². The molecule has 1 aliphatic rings. The molecule has 4 heteroatoms. The summed E-state index contributed by atoms with van der Waals surface area (Å²) in [4.78, 5) is 2.39. The third kappa shape index (κ3) is 2.64. The molecular formula is C13H21N3O. The molecule has 94 valence electrons. The second-order valence-corrected chi connectivity index (χ2v) is 4.58. The minimum atomic E-state index is 0.612. The zero-order valence-corrected chi connectivity index (χ0v) is 10.6. The van der Waals surface area contributed by atoms with Crippen molar-refractivity contribution in [2.75, 3.05) is 38.3 Å². The Bertz CT molecular complexity index is 381. The van der Waals surface area contributed by atoms with Crippen molar-refractivity contribution in [3.63, 3.8) is 0 Å². The molecule has 0 aromatic heterocycles. The van der Waals surface area contributed by atoms with Crippen LogP contribution in [0.15, 0.2) is 18.2 Å². The number of para-hydroxylation sites is 1. The van der Waals surface area contributed by atoms with Gasteiger partial charge in [-0.15, -0.1) is 0 Å². The molecule has 0 radical (unpaired) electrons. The lowest BCUT2D eigenvalue weighted by molar-refractivity contribution is 0.322. The first kappa shape index (κ1) is 12.0. The number of likely N-dealkylation sites (N-methyl/N-ethyl adjacent to an activating group) is 1. The quantitative estimate of drug-likeness (QED) is 0.781. The monoisotopic (exact) mass is 235 g/mol. The molecule has 0 spiro atoms. The van der Waals surface area contributed by atoms with Gasteiger partial charge in [-0.25, -0.2) is 0 Å². The van der Waals surface area contributed by atoms with Crippen LogP contribution < -0.4 is 15.8 Å². The SMILES string of the molecule is COc1cccc(NCC2CCCN2C)c1N. The average Bonchev–Trinajstić information content (AvgIpc) is 2.74. The molecule has 1 aromatic carbocycles. The summed E-state index contributed by atoms with van der Waals surface area (Å²) in [6.07, 6.45) is 2.55. The van der Waals surface area contributed by atoms with E-state index < -0.39 is 0 Å². The van der Waals surface area contributed by atoms with E-state index in [-0.39, 0.29) is 0 Å². The zero-order chi connectivity index (χ0) is 12.3. The molecular weight excluding hydrogens is 214 g/mol. The summed E-state index contributed by atoms with van der Waals surface area (Å²) in [5.41, 5.74) is 7.67. The Labute approximate surface area is 103 Å². The van der Waals surface area contributed by atoms with Crippen LogP contribution in [0.5, 0.6) is 5.75 Å². The van der Waals surface area contributed by atoms with Gasteiger partial charge < -0.3 is 20.7 Å². The predicted octanol–water partition coefficient (Wildman–Crippen LogP) is 1.78. The van der Waals surface area contributed by atoms with E-state index >= 15 is 0 Å². The largest absolute Gasteiger partial charge is 0.495 e. The van der Waals surface area contributed by atoms with Crippen molar-refractivity contribution in [3.8, 4) is 5.75 Å². The third-order valence-corrected chi connectivity index (χ3v) is 3.49. The molecule has 1 aromatic rings. The van der Waals surface area contributed by atoms with Crippen molar-refractivity contribution in [3.05, 3.63) is 18.2 Å². The van der Waals surface area contributed by atoms with Crippen molar-refractivity contribution in [2.45, 2.75) is 18.9 Å². The summed E-state index contributed by atoms with van der Waals surface area (Å²) < 4.78 is 5.20. The van der Waals surface area contributed by atoms with Gasteiger partial charge in [-0.1, -0.05) is 6.07 Å². The van der Waals surface area contributed by atoms with E-state index in [4.69, 9.17) is 10.5 Å². The van der Waals surface area contributed by atoms with Gasteiger partial charge in [-0.3, -0.25) is 0 Å². The average molecular weight is 235 g/mol. The molecule has 1 saturated heterocycles. The van der Waals surface area contributed by atoms with E-state index in [0.717, 1.165) is 18.0 Å². The number of nitrogens with zero attached hydrogens (tertiary/aromatic N) is 1. The van der Waals surface area contributed by atoms with E-state index in [1.54, 1.807) is 7.11 Å². The van der Waals surface area contributed by atoms with Crippen molar-refractivity contribution in [1.82, 2.24) is 4.90 Å². The van der Waals surface area contributed by atoms with Crippen LogP contribution >= 0.6 is 0 Å². The fourth-order valence-corrected chi connectivity index (χ4v) is 2.34. The van der Waals surface area contributed by atoms with Crippen LogP contribution in [-0.4, -0.2) is 38.2 Å². The van der Waals surface area contributed by atoms with E-state index in [0.29, 0.717) is 11.7 Å². The summed E-state index contributed by atoms with van der Waals surface area (Å²) in [5, 5.41) is 3.41. The number of ether oxygens (including phenoxy) is 1. The lowest BCUT2D eigenvalue weighted by Gasteiger charge is -2.21. The van der Waals surface area contributed by atoms with Gasteiger partial charge in [-0.2, -0.15) is 0 Å². The molecule has 0 aliphatic carbocycles. The number of likely N-dealkylation sites (tertiary alicyclic amines) is 1. The van der Waals surface area contributed by atoms with Gasteiger partial charge in [-0.05, 0) is 38.6 Å². The Kier molecular flexibility index (Phi) is 3.74. The Balaban J connectivity index is 1.99. The number of hydrogen-bond acceptors (Lipinski definition) is 4. The summed E-state index contributed by atoms with van der Waals surface area (Å²) in [6.45, 7) is 2.13. The molecule has 17 heavy (non-hydrogen) atoms. The lowest BCUT2D eigenvalue weighted by atomic mass is 10.2. The highest BCUT2D eigenvalue weighted by Crippen LogP contribution is 2.29. The highest BCUT2D eigenvalue weighted by molar-refractivity contribution is 5.72. The van der Waals surface area contributed by atoms with Gasteiger partial charge in [0.1, 0.15) is 5.75 Å². The number of nitrogens with one attached hydrogen (secondary N) is 1. The van der Waals surface area contributed by atoms with Crippen molar-refractivity contribution >= 4 is 11.4 Å². The number of anilines is 2. The van der Waals surface area contributed by atoms with Crippen LogP contribution in [0.1, 0.15) is 12.8 Å². The Morgan fingerprint density at radius 1 is 1.53 bits per heavy atom. The predicted molar refractivity (Wildman–Crippen MR) is 71.5 cm³/mol. The Hall–Kier alpha value is -1.42. The van der Waals surface area contributed by atoms with Crippen LogP contribution in [0.4, 0.5) is 11.4 Å². The molecule has 1 atom stereocenters. The zero-order valence-electron chi connectivity index (χ0n) is 10.6. The van der Waals surface area contributed by atoms with Crippen LogP contribution in [0.25, 0.3) is 0 Å². The summed E-state index contributed by atoms with van der Waals surface area (Å²) >= 11 is 0. The van der Waals surface area contributed by atoms with Crippen LogP contribution in [0, 0.1) is 0 Å². The summed E-state index contributed by atoms with van der Waals surface area (Å²) in [5.74, 6) is 0.731. The number of benzene rings is 1.